The number of nitrogens with zero attached hydrogens (tertiary/aromatic N) is 1. The molecule has 1 atom stereocenters. The van der Waals surface area contributed by atoms with Gasteiger partial charge in [-0.25, -0.2) is 0 Å². The minimum atomic E-state index is -0.273. The topological polar surface area (TPSA) is 49.4 Å². The van der Waals surface area contributed by atoms with Gasteiger partial charge >= 0.3 is 0 Å². The van der Waals surface area contributed by atoms with Crippen LogP contribution >= 0.6 is 0 Å². The monoisotopic (exact) mass is 406 g/mol. The normalized spacial score (nSPS) is 23.9. The molecule has 3 aliphatic rings. The van der Waals surface area contributed by atoms with Gasteiger partial charge in [-0.2, -0.15) is 0 Å². The number of likely N-dealkylation sites (tertiary alicyclic amines) is 1. The van der Waals surface area contributed by atoms with Gasteiger partial charge in [-0.1, -0.05) is 45.0 Å². The van der Waals surface area contributed by atoms with Crippen LogP contribution < -0.4 is 5.32 Å². The summed E-state index contributed by atoms with van der Waals surface area (Å²) >= 11 is 0. The Morgan fingerprint density at radius 3 is 2.40 bits per heavy atom. The van der Waals surface area contributed by atoms with Crippen molar-refractivity contribution in [1.29, 1.82) is 0 Å². The van der Waals surface area contributed by atoms with Crippen molar-refractivity contribution in [2.75, 3.05) is 13.1 Å². The molecule has 0 radical (unpaired) electrons. The molecule has 0 spiro atoms. The summed E-state index contributed by atoms with van der Waals surface area (Å²) in [5, 5.41) is 3.49. The number of rotatable bonds is 3. The number of nitrogens with one attached hydrogen (secondary N) is 1. The lowest BCUT2D eigenvalue weighted by Crippen LogP contribution is -2.43. The highest BCUT2D eigenvalue weighted by Gasteiger charge is 2.43. The first-order chi connectivity index (χ1) is 14.3. The predicted molar refractivity (Wildman–Crippen MR) is 120 cm³/mol. The van der Waals surface area contributed by atoms with E-state index in [1.165, 1.54) is 12.0 Å². The SMILES string of the molecule is CCc1ccc([C@@H]2C(C(=O)N3CCCCC3)=C(C)NC3=C2C(=O)CC(C)(C)C3)cc1. The number of ketones is 1. The van der Waals surface area contributed by atoms with Crippen molar-refractivity contribution in [2.45, 2.75) is 72.1 Å². The van der Waals surface area contributed by atoms with Gasteiger partial charge in [-0.05, 0) is 55.6 Å². The van der Waals surface area contributed by atoms with E-state index in [9.17, 15) is 9.59 Å². The lowest BCUT2D eigenvalue weighted by Gasteiger charge is -2.41. The Hall–Kier alpha value is -2.36. The number of Topliss-reactive ketones (excluding diaryl/α,β-unsaturated/α-hetero) is 1. The van der Waals surface area contributed by atoms with Gasteiger partial charge in [-0.15, -0.1) is 0 Å². The summed E-state index contributed by atoms with van der Waals surface area (Å²) in [6.07, 6.45) is 5.64. The molecule has 0 saturated carbocycles. The van der Waals surface area contributed by atoms with Crippen LogP contribution in [0.15, 0.2) is 46.8 Å². The molecular formula is C26H34N2O2. The number of hydrogen-bond acceptors (Lipinski definition) is 3. The zero-order valence-corrected chi connectivity index (χ0v) is 18.8. The highest BCUT2D eigenvalue weighted by Crippen LogP contribution is 2.47. The van der Waals surface area contributed by atoms with Crippen molar-refractivity contribution in [1.82, 2.24) is 10.2 Å². The number of hydrogen-bond donors (Lipinski definition) is 1. The van der Waals surface area contributed by atoms with Crippen molar-refractivity contribution < 1.29 is 9.59 Å². The highest BCUT2D eigenvalue weighted by atomic mass is 16.2. The molecule has 1 aromatic rings. The molecule has 1 N–H and O–H groups in total. The van der Waals surface area contributed by atoms with E-state index in [1.54, 1.807) is 0 Å². The Morgan fingerprint density at radius 2 is 1.77 bits per heavy atom. The maximum absolute atomic E-state index is 13.7. The third-order valence-corrected chi connectivity index (χ3v) is 6.83. The molecule has 1 fully saturated rings. The molecule has 0 unspecified atom stereocenters. The lowest BCUT2D eigenvalue weighted by atomic mass is 9.68. The average Bonchev–Trinajstić information content (AvgIpc) is 2.72. The van der Waals surface area contributed by atoms with Crippen molar-refractivity contribution in [2.24, 2.45) is 5.41 Å². The fourth-order valence-corrected chi connectivity index (χ4v) is 5.27. The van der Waals surface area contributed by atoms with E-state index < -0.39 is 0 Å². The Kier molecular flexibility index (Phi) is 5.61. The third-order valence-electron chi connectivity index (χ3n) is 6.83. The second-order valence-electron chi connectivity index (χ2n) is 9.88. The molecule has 30 heavy (non-hydrogen) atoms. The number of benzene rings is 1. The number of piperidine rings is 1. The molecule has 0 aromatic heterocycles. The zero-order valence-electron chi connectivity index (χ0n) is 18.8. The van der Waals surface area contributed by atoms with Crippen LogP contribution in [0, 0.1) is 5.41 Å². The molecule has 1 saturated heterocycles. The van der Waals surface area contributed by atoms with Crippen LogP contribution in [0.25, 0.3) is 0 Å². The molecule has 1 amide bonds. The molecule has 0 bridgehead atoms. The van der Waals surface area contributed by atoms with Crippen LogP contribution in [0.3, 0.4) is 0 Å². The van der Waals surface area contributed by atoms with Crippen LogP contribution in [0.4, 0.5) is 0 Å². The summed E-state index contributed by atoms with van der Waals surface area (Å²) in [5.74, 6) is -0.00611. The minimum absolute atomic E-state index is 0.0613. The maximum Gasteiger partial charge on any atom is 0.252 e. The molecule has 160 valence electrons. The van der Waals surface area contributed by atoms with Crippen molar-refractivity contribution in [3.63, 3.8) is 0 Å². The molecule has 4 nitrogen and oxygen atoms in total. The van der Waals surface area contributed by atoms with Crippen LogP contribution in [0.2, 0.25) is 0 Å². The molecule has 2 heterocycles. The van der Waals surface area contributed by atoms with Gasteiger partial charge in [0.15, 0.2) is 5.78 Å². The van der Waals surface area contributed by atoms with Crippen molar-refractivity contribution in [3.8, 4) is 0 Å². The van der Waals surface area contributed by atoms with E-state index in [-0.39, 0.29) is 23.0 Å². The van der Waals surface area contributed by atoms with Gasteiger partial charge in [0.25, 0.3) is 5.91 Å². The molecule has 1 aliphatic carbocycles. The van der Waals surface area contributed by atoms with Gasteiger partial charge in [0, 0.05) is 48.0 Å². The van der Waals surface area contributed by atoms with Crippen LogP contribution in [-0.4, -0.2) is 29.7 Å². The minimum Gasteiger partial charge on any atom is -0.362 e. The predicted octanol–water partition coefficient (Wildman–Crippen LogP) is 4.87. The van der Waals surface area contributed by atoms with E-state index in [2.05, 4.69) is 50.4 Å². The number of carbonyl (C=O) groups excluding carboxylic acids is 2. The van der Waals surface area contributed by atoms with Gasteiger partial charge in [0.2, 0.25) is 0 Å². The van der Waals surface area contributed by atoms with Gasteiger partial charge in [0.1, 0.15) is 0 Å². The smallest absolute Gasteiger partial charge is 0.252 e. The van der Waals surface area contributed by atoms with Crippen molar-refractivity contribution >= 4 is 11.7 Å². The first-order valence-corrected chi connectivity index (χ1v) is 11.4. The average molecular weight is 407 g/mol. The number of amides is 1. The lowest BCUT2D eigenvalue weighted by molar-refractivity contribution is -0.128. The quantitative estimate of drug-likeness (QED) is 0.779. The summed E-state index contributed by atoms with van der Waals surface area (Å²) in [7, 11) is 0. The molecule has 4 heteroatoms. The maximum atomic E-state index is 13.7. The largest absolute Gasteiger partial charge is 0.362 e. The van der Waals surface area contributed by atoms with E-state index in [0.29, 0.717) is 6.42 Å². The van der Waals surface area contributed by atoms with Gasteiger partial charge in [-0.3, -0.25) is 9.59 Å². The first kappa shape index (κ1) is 20.9. The zero-order chi connectivity index (χ0) is 21.5. The van der Waals surface area contributed by atoms with E-state index in [4.69, 9.17) is 0 Å². The molecule has 4 rings (SSSR count). The summed E-state index contributed by atoms with van der Waals surface area (Å²) in [6.45, 7) is 10.1. The second kappa shape index (κ2) is 8.05. The first-order valence-electron chi connectivity index (χ1n) is 11.4. The number of carbonyl (C=O) groups is 2. The molecular weight excluding hydrogens is 372 g/mol. The summed E-state index contributed by atoms with van der Waals surface area (Å²) in [5.41, 5.74) is 5.73. The van der Waals surface area contributed by atoms with E-state index in [0.717, 1.165) is 66.9 Å². The van der Waals surface area contributed by atoms with Crippen LogP contribution in [0.5, 0.6) is 0 Å². The standard InChI is InChI=1S/C26H34N2O2/c1-5-18-9-11-19(12-10-18)23-22(25(30)28-13-7-6-8-14-28)17(2)27-20-15-26(3,4)16-21(29)24(20)23/h9-12,23,27H,5-8,13-16H2,1-4H3/t23-/m1/s1. The van der Waals surface area contributed by atoms with E-state index in [1.807, 2.05) is 11.8 Å². The van der Waals surface area contributed by atoms with Crippen LogP contribution in [0.1, 0.15) is 76.8 Å². The van der Waals surface area contributed by atoms with Gasteiger partial charge < -0.3 is 10.2 Å². The number of dihydropyridines is 1. The third kappa shape index (κ3) is 3.84. The Labute approximate surface area is 180 Å². The number of aryl methyl sites for hydroxylation is 1. The fraction of sp³-hybridized carbons (Fsp3) is 0.538. The fourth-order valence-electron chi connectivity index (χ4n) is 5.27. The van der Waals surface area contributed by atoms with E-state index >= 15 is 0 Å². The Balaban J connectivity index is 1.81. The molecule has 1 aromatic carbocycles. The Bertz CT molecular complexity index is 915. The number of allylic oxidation sites excluding steroid dienone is 3. The second-order valence-corrected chi connectivity index (χ2v) is 9.88. The summed E-state index contributed by atoms with van der Waals surface area (Å²) < 4.78 is 0. The van der Waals surface area contributed by atoms with Crippen LogP contribution in [-0.2, 0) is 16.0 Å². The summed E-state index contributed by atoms with van der Waals surface area (Å²) in [6, 6.07) is 8.49. The Morgan fingerprint density at radius 1 is 1.10 bits per heavy atom. The summed E-state index contributed by atoms with van der Waals surface area (Å²) in [4.78, 5) is 29.0. The van der Waals surface area contributed by atoms with Gasteiger partial charge in [0.05, 0.1) is 0 Å². The van der Waals surface area contributed by atoms with Crippen molar-refractivity contribution in [3.05, 3.63) is 57.9 Å². The molecule has 2 aliphatic heterocycles. The highest BCUT2D eigenvalue weighted by molar-refractivity contribution is 6.05.